The van der Waals surface area contributed by atoms with Crippen LogP contribution >= 0.6 is 0 Å². The Morgan fingerprint density at radius 3 is 2.12 bits per heavy atom. The standard InChI is InChI=1S/C13H19F2N/c1-8-5-10(3)11(6-9(8)2)7-13(4,16)12(14)15/h5-6,12H,7,16H2,1-4H3. The molecule has 0 saturated carbocycles. The van der Waals surface area contributed by atoms with Crippen molar-refractivity contribution in [1.29, 1.82) is 0 Å². The molecule has 2 N–H and O–H groups in total. The highest BCUT2D eigenvalue weighted by atomic mass is 19.3. The first-order chi connectivity index (χ1) is 7.24. The molecule has 0 saturated heterocycles. The first-order valence-corrected chi connectivity index (χ1v) is 5.38. The van der Waals surface area contributed by atoms with E-state index in [1.807, 2.05) is 32.9 Å². The molecular formula is C13H19F2N. The van der Waals surface area contributed by atoms with Crippen molar-refractivity contribution in [1.82, 2.24) is 0 Å². The topological polar surface area (TPSA) is 26.0 Å². The van der Waals surface area contributed by atoms with Crippen molar-refractivity contribution >= 4 is 0 Å². The lowest BCUT2D eigenvalue weighted by Crippen LogP contribution is -2.46. The molecule has 0 heterocycles. The van der Waals surface area contributed by atoms with E-state index in [9.17, 15) is 8.78 Å². The van der Waals surface area contributed by atoms with E-state index in [-0.39, 0.29) is 6.42 Å². The van der Waals surface area contributed by atoms with Crippen molar-refractivity contribution in [2.24, 2.45) is 5.73 Å². The van der Waals surface area contributed by atoms with Crippen LogP contribution in [0.2, 0.25) is 0 Å². The zero-order chi connectivity index (χ0) is 12.5. The fourth-order valence-electron chi connectivity index (χ4n) is 1.70. The van der Waals surface area contributed by atoms with Crippen LogP contribution in [0.15, 0.2) is 12.1 Å². The average Bonchev–Trinajstić information content (AvgIpc) is 2.13. The molecular weight excluding hydrogens is 208 g/mol. The number of hydrogen-bond donors (Lipinski definition) is 1. The molecule has 1 aromatic rings. The Kier molecular flexibility index (Phi) is 3.68. The van der Waals surface area contributed by atoms with Gasteiger partial charge in [-0.1, -0.05) is 12.1 Å². The number of aryl methyl sites for hydroxylation is 3. The van der Waals surface area contributed by atoms with Crippen LogP contribution in [0.3, 0.4) is 0 Å². The molecule has 1 nitrogen and oxygen atoms in total. The second-order valence-corrected chi connectivity index (χ2v) is 4.85. The number of rotatable bonds is 3. The van der Waals surface area contributed by atoms with Crippen LogP contribution < -0.4 is 5.73 Å². The minimum Gasteiger partial charge on any atom is -0.320 e. The second kappa shape index (κ2) is 4.50. The minimum atomic E-state index is -2.51. The van der Waals surface area contributed by atoms with Gasteiger partial charge in [0.25, 0.3) is 6.43 Å². The van der Waals surface area contributed by atoms with Crippen molar-refractivity contribution in [3.8, 4) is 0 Å². The van der Waals surface area contributed by atoms with Gasteiger partial charge in [-0.3, -0.25) is 0 Å². The van der Waals surface area contributed by atoms with Crippen molar-refractivity contribution in [3.63, 3.8) is 0 Å². The van der Waals surface area contributed by atoms with Gasteiger partial charge in [0.2, 0.25) is 0 Å². The molecule has 0 bridgehead atoms. The van der Waals surface area contributed by atoms with Crippen molar-refractivity contribution in [2.75, 3.05) is 0 Å². The van der Waals surface area contributed by atoms with E-state index in [0.717, 1.165) is 16.7 Å². The highest BCUT2D eigenvalue weighted by molar-refractivity contribution is 5.37. The maximum Gasteiger partial charge on any atom is 0.256 e. The maximum absolute atomic E-state index is 12.7. The van der Waals surface area contributed by atoms with Gasteiger partial charge in [0.15, 0.2) is 0 Å². The zero-order valence-corrected chi connectivity index (χ0v) is 10.3. The first-order valence-electron chi connectivity index (χ1n) is 5.38. The predicted molar refractivity (Wildman–Crippen MR) is 63.0 cm³/mol. The molecule has 1 unspecified atom stereocenters. The summed E-state index contributed by atoms with van der Waals surface area (Å²) in [5.41, 5.74) is 8.38. The fraction of sp³-hybridized carbons (Fsp3) is 0.538. The molecule has 0 aliphatic carbocycles. The monoisotopic (exact) mass is 227 g/mol. The Balaban J connectivity index is 3.02. The summed E-state index contributed by atoms with van der Waals surface area (Å²) in [6, 6.07) is 3.98. The normalized spacial score (nSPS) is 15.2. The molecule has 1 atom stereocenters. The molecule has 1 aromatic carbocycles. The van der Waals surface area contributed by atoms with E-state index in [2.05, 4.69) is 0 Å². The van der Waals surface area contributed by atoms with Gasteiger partial charge >= 0.3 is 0 Å². The molecule has 90 valence electrons. The highest BCUT2D eigenvalue weighted by Crippen LogP contribution is 2.22. The molecule has 0 amide bonds. The highest BCUT2D eigenvalue weighted by Gasteiger charge is 2.30. The van der Waals surface area contributed by atoms with E-state index in [1.54, 1.807) is 0 Å². The lowest BCUT2D eigenvalue weighted by molar-refractivity contribution is 0.0638. The molecule has 16 heavy (non-hydrogen) atoms. The molecule has 3 heteroatoms. The van der Waals surface area contributed by atoms with E-state index in [0.29, 0.717) is 0 Å². The summed E-state index contributed by atoms with van der Waals surface area (Å²) in [5.74, 6) is 0. The van der Waals surface area contributed by atoms with Crippen LogP contribution in [0.5, 0.6) is 0 Å². The molecule has 0 fully saturated rings. The van der Waals surface area contributed by atoms with Gasteiger partial charge in [-0.25, -0.2) is 8.78 Å². The van der Waals surface area contributed by atoms with E-state index < -0.39 is 12.0 Å². The Hall–Kier alpha value is -0.960. The van der Waals surface area contributed by atoms with Gasteiger partial charge < -0.3 is 5.73 Å². The quantitative estimate of drug-likeness (QED) is 0.843. The summed E-state index contributed by atoms with van der Waals surface area (Å²) >= 11 is 0. The van der Waals surface area contributed by atoms with E-state index in [1.165, 1.54) is 12.5 Å². The third kappa shape index (κ3) is 2.79. The Bertz CT molecular complexity index is 384. The second-order valence-electron chi connectivity index (χ2n) is 4.85. The van der Waals surface area contributed by atoms with Gasteiger partial charge in [-0.2, -0.15) is 0 Å². The van der Waals surface area contributed by atoms with Gasteiger partial charge in [-0.05, 0) is 56.4 Å². The SMILES string of the molecule is Cc1cc(C)c(CC(C)(N)C(F)F)cc1C. The van der Waals surface area contributed by atoms with Crippen LogP contribution in [-0.4, -0.2) is 12.0 Å². The number of nitrogens with two attached hydrogens (primary N) is 1. The molecule has 0 spiro atoms. The van der Waals surface area contributed by atoms with Crippen LogP contribution in [-0.2, 0) is 6.42 Å². The number of halogens is 2. The smallest absolute Gasteiger partial charge is 0.256 e. The van der Waals surface area contributed by atoms with Crippen LogP contribution in [0.1, 0.15) is 29.2 Å². The predicted octanol–water partition coefficient (Wildman–Crippen LogP) is 3.14. The molecule has 0 aromatic heterocycles. The lowest BCUT2D eigenvalue weighted by atomic mass is 9.90. The van der Waals surface area contributed by atoms with Crippen molar-refractivity contribution < 1.29 is 8.78 Å². The van der Waals surface area contributed by atoms with Gasteiger partial charge in [-0.15, -0.1) is 0 Å². The van der Waals surface area contributed by atoms with Gasteiger partial charge in [0.1, 0.15) is 0 Å². The third-order valence-electron chi connectivity index (χ3n) is 3.02. The summed E-state index contributed by atoms with van der Waals surface area (Å²) < 4.78 is 25.4. The number of hydrogen-bond acceptors (Lipinski definition) is 1. The first kappa shape index (κ1) is 13.1. The molecule has 0 radical (unpaired) electrons. The zero-order valence-electron chi connectivity index (χ0n) is 10.3. The largest absolute Gasteiger partial charge is 0.320 e. The van der Waals surface area contributed by atoms with Crippen molar-refractivity contribution in [3.05, 3.63) is 34.4 Å². The third-order valence-corrected chi connectivity index (χ3v) is 3.02. The average molecular weight is 227 g/mol. The number of benzene rings is 1. The van der Waals surface area contributed by atoms with E-state index in [4.69, 9.17) is 5.73 Å². The van der Waals surface area contributed by atoms with Crippen molar-refractivity contribution in [2.45, 2.75) is 46.1 Å². The minimum absolute atomic E-state index is 0.206. The molecule has 0 aliphatic rings. The van der Waals surface area contributed by atoms with Gasteiger partial charge in [0, 0.05) is 0 Å². The summed E-state index contributed by atoms with van der Waals surface area (Å²) in [4.78, 5) is 0. The summed E-state index contributed by atoms with van der Waals surface area (Å²) in [5, 5.41) is 0. The maximum atomic E-state index is 12.7. The molecule has 1 rings (SSSR count). The summed E-state index contributed by atoms with van der Waals surface area (Å²) in [7, 11) is 0. The Labute approximate surface area is 95.7 Å². The summed E-state index contributed by atoms with van der Waals surface area (Å²) in [6.07, 6.45) is -2.30. The van der Waals surface area contributed by atoms with Gasteiger partial charge in [0.05, 0.1) is 5.54 Å². The Morgan fingerprint density at radius 2 is 1.62 bits per heavy atom. The van der Waals surface area contributed by atoms with Crippen LogP contribution in [0.25, 0.3) is 0 Å². The summed E-state index contributed by atoms with van der Waals surface area (Å²) in [6.45, 7) is 7.32. The van der Waals surface area contributed by atoms with Crippen LogP contribution in [0, 0.1) is 20.8 Å². The number of alkyl halides is 2. The lowest BCUT2D eigenvalue weighted by Gasteiger charge is -2.25. The molecule has 0 aliphatic heterocycles. The fourth-order valence-corrected chi connectivity index (χ4v) is 1.70. The van der Waals surface area contributed by atoms with E-state index >= 15 is 0 Å². The Morgan fingerprint density at radius 1 is 1.12 bits per heavy atom. The van der Waals surface area contributed by atoms with Crippen LogP contribution in [0.4, 0.5) is 8.78 Å².